The number of nitrogens with one attached hydrogen (secondary N) is 1. The lowest BCUT2D eigenvalue weighted by atomic mass is 9.94. The van der Waals surface area contributed by atoms with Crippen molar-refractivity contribution in [3.8, 4) is 0 Å². The minimum atomic E-state index is -0.742. The maximum absolute atomic E-state index is 12.0. The molecule has 0 bridgehead atoms. The molecule has 1 aromatic heterocycles. The fourth-order valence-corrected chi connectivity index (χ4v) is 2.50. The second-order valence-electron chi connectivity index (χ2n) is 5.41. The van der Waals surface area contributed by atoms with Crippen molar-refractivity contribution in [2.24, 2.45) is 0 Å². The molecular weight excluding hydrogens is 244 g/mol. The van der Waals surface area contributed by atoms with E-state index in [1.54, 1.807) is 6.92 Å². The summed E-state index contributed by atoms with van der Waals surface area (Å²) >= 11 is 0. The van der Waals surface area contributed by atoms with E-state index >= 15 is 0 Å². The first kappa shape index (κ1) is 14.0. The van der Waals surface area contributed by atoms with E-state index < -0.39 is 11.6 Å². The van der Waals surface area contributed by atoms with E-state index in [0.717, 1.165) is 25.7 Å². The molecule has 6 heteroatoms. The second-order valence-corrected chi connectivity index (χ2v) is 5.41. The molecule has 1 aliphatic rings. The Hall–Kier alpha value is -1.43. The molecule has 1 aliphatic carbocycles. The smallest absolute Gasteiger partial charge is 0.244 e. The molecule has 1 unspecified atom stereocenters. The van der Waals surface area contributed by atoms with Crippen LogP contribution in [-0.2, 0) is 4.79 Å². The molecule has 2 N–H and O–H groups in total. The van der Waals surface area contributed by atoms with Gasteiger partial charge in [0.1, 0.15) is 18.7 Å². The minimum Gasteiger partial charge on any atom is -0.388 e. The summed E-state index contributed by atoms with van der Waals surface area (Å²) < 4.78 is 1.51. The number of carbonyl (C=O) groups is 1. The van der Waals surface area contributed by atoms with Crippen LogP contribution < -0.4 is 5.32 Å². The zero-order valence-corrected chi connectivity index (χ0v) is 11.4. The predicted molar refractivity (Wildman–Crippen MR) is 70.4 cm³/mol. The van der Waals surface area contributed by atoms with Gasteiger partial charge in [0, 0.05) is 6.54 Å². The average molecular weight is 266 g/mol. The van der Waals surface area contributed by atoms with Gasteiger partial charge in [-0.3, -0.25) is 4.79 Å². The van der Waals surface area contributed by atoms with E-state index in [2.05, 4.69) is 15.4 Å². The third kappa shape index (κ3) is 3.76. The van der Waals surface area contributed by atoms with Gasteiger partial charge in [0.25, 0.3) is 0 Å². The quantitative estimate of drug-likeness (QED) is 0.798. The summed E-state index contributed by atoms with van der Waals surface area (Å²) in [7, 11) is 0. The monoisotopic (exact) mass is 266 g/mol. The van der Waals surface area contributed by atoms with Crippen molar-refractivity contribution in [2.45, 2.75) is 57.1 Å². The van der Waals surface area contributed by atoms with Crippen LogP contribution in [0, 0.1) is 0 Å². The molecule has 2 rings (SSSR count). The number of carbonyl (C=O) groups excluding carboxylic acids is 1. The summed E-state index contributed by atoms with van der Waals surface area (Å²) in [5.74, 6) is -0.136. The standard InChI is InChI=1S/C13H22N4O2/c1-11(17-10-14-9-16-17)12(18)15-8-13(19)6-4-2-3-5-7-13/h9-11,19H,2-8H2,1H3,(H,15,18). The SMILES string of the molecule is CC(C(=O)NCC1(O)CCCCCC1)n1cncn1. The molecule has 6 nitrogen and oxygen atoms in total. The molecule has 1 atom stereocenters. The first-order chi connectivity index (χ1) is 9.11. The van der Waals surface area contributed by atoms with Gasteiger partial charge in [0.05, 0.1) is 5.60 Å². The summed E-state index contributed by atoms with van der Waals surface area (Å²) in [6.45, 7) is 2.09. The Morgan fingerprint density at radius 1 is 1.42 bits per heavy atom. The highest BCUT2D eigenvalue weighted by atomic mass is 16.3. The van der Waals surface area contributed by atoms with Crippen LogP contribution in [0.5, 0.6) is 0 Å². The Labute approximate surface area is 113 Å². The number of hydrogen-bond donors (Lipinski definition) is 2. The van der Waals surface area contributed by atoms with Crippen LogP contribution in [0.4, 0.5) is 0 Å². The Balaban J connectivity index is 1.85. The van der Waals surface area contributed by atoms with Crippen LogP contribution in [0.15, 0.2) is 12.7 Å². The van der Waals surface area contributed by atoms with E-state index in [-0.39, 0.29) is 5.91 Å². The maximum atomic E-state index is 12.0. The lowest BCUT2D eigenvalue weighted by Gasteiger charge is -2.27. The summed E-state index contributed by atoms with van der Waals surface area (Å²) in [6.07, 6.45) is 8.87. The molecule has 0 aromatic carbocycles. The second kappa shape index (κ2) is 6.14. The van der Waals surface area contributed by atoms with E-state index in [4.69, 9.17) is 0 Å². The summed E-state index contributed by atoms with van der Waals surface area (Å²) in [4.78, 5) is 15.8. The highest BCUT2D eigenvalue weighted by Gasteiger charge is 2.29. The van der Waals surface area contributed by atoms with Crippen LogP contribution in [0.25, 0.3) is 0 Å². The maximum Gasteiger partial charge on any atom is 0.244 e. The molecule has 1 aromatic rings. The van der Waals surface area contributed by atoms with Gasteiger partial charge in [0.15, 0.2) is 0 Å². The number of rotatable bonds is 4. The molecule has 0 spiro atoms. The third-order valence-corrected chi connectivity index (χ3v) is 3.84. The molecule has 0 saturated heterocycles. The van der Waals surface area contributed by atoms with Crippen LogP contribution in [-0.4, -0.2) is 37.9 Å². The van der Waals surface area contributed by atoms with Crippen molar-refractivity contribution >= 4 is 5.91 Å². The van der Waals surface area contributed by atoms with Crippen molar-refractivity contribution in [1.82, 2.24) is 20.1 Å². The van der Waals surface area contributed by atoms with Crippen LogP contribution >= 0.6 is 0 Å². The first-order valence-electron chi connectivity index (χ1n) is 6.95. The third-order valence-electron chi connectivity index (χ3n) is 3.84. The van der Waals surface area contributed by atoms with E-state index in [9.17, 15) is 9.90 Å². The largest absolute Gasteiger partial charge is 0.388 e. The molecule has 106 valence electrons. The lowest BCUT2D eigenvalue weighted by molar-refractivity contribution is -0.125. The molecule has 19 heavy (non-hydrogen) atoms. The van der Waals surface area contributed by atoms with Crippen LogP contribution in [0.1, 0.15) is 51.5 Å². The van der Waals surface area contributed by atoms with Gasteiger partial charge in [-0.15, -0.1) is 0 Å². The normalized spacial score (nSPS) is 20.5. The van der Waals surface area contributed by atoms with Gasteiger partial charge < -0.3 is 10.4 Å². The number of aromatic nitrogens is 3. The highest BCUT2D eigenvalue weighted by molar-refractivity contribution is 5.79. The minimum absolute atomic E-state index is 0.136. The fraction of sp³-hybridized carbons (Fsp3) is 0.769. The van der Waals surface area contributed by atoms with Gasteiger partial charge in [0.2, 0.25) is 5.91 Å². The van der Waals surface area contributed by atoms with E-state index in [0.29, 0.717) is 6.54 Å². The first-order valence-corrected chi connectivity index (χ1v) is 6.95. The Morgan fingerprint density at radius 3 is 2.68 bits per heavy atom. The molecule has 1 heterocycles. The Kier molecular flexibility index (Phi) is 4.52. The fourth-order valence-electron chi connectivity index (χ4n) is 2.50. The van der Waals surface area contributed by atoms with Crippen molar-refractivity contribution in [3.05, 3.63) is 12.7 Å². The van der Waals surface area contributed by atoms with Gasteiger partial charge in [-0.25, -0.2) is 9.67 Å². The average Bonchev–Trinajstić information content (AvgIpc) is 2.85. The number of amides is 1. The van der Waals surface area contributed by atoms with Gasteiger partial charge in [-0.05, 0) is 19.8 Å². The number of nitrogens with zero attached hydrogens (tertiary/aromatic N) is 3. The van der Waals surface area contributed by atoms with Crippen molar-refractivity contribution in [3.63, 3.8) is 0 Å². The zero-order valence-electron chi connectivity index (χ0n) is 11.4. The van der Waals surface area contributed by atoms with Crippen LogP contribution in [0.3, 0.4) is 0 Å². The van der Waals surface area contributed by atoms with E-state index in [1.165, 1.54) is 30.2 Å². The molecular formula is C13H22N4O2. The zero-order chi connectivity index (χ0) is 13.7. The molecule has 0 radical (unpaired) electrons. The van der Waals surface area contributed by atoms with Gasteiger partial charge in [-0.1, -0.05) is 25.7 Å². The predicted octanol–water partition coefficient (Wildman–Crippen LogP) is 1.04. The lowest BCUT2D eigenvalue weighted by Crippen LogP contribution is -2.44. The number of aliphatic hydroxyl groups is 1. The van der Waals surface area contributed by atoms with Gasteiger partial charge >= 0.3 is 0 Å². The Morgan fingerprint density at radius 2 is 2.11 bits per heavy atom. The molecule has 1 amide bonds. The summed E-state index contributed by atoms with van der Waals surface area (Å²) in [6, 6.07) is -0.406. The van der Waals surface area contributed by atoms with Crippen LogP contribution in [0.2, 0.25) is 0 Å². The Bertz CT molecular complexity index is 397. The van der Waals surface area contributed by atoms with Gasteiger partial charge in [-0.2, -0.15) is 5.10 Å². The molecule has 1 fully saturated rings. The molecule has 0 aliphatic heterocycles. The number of hydrogen-bond acceptors (Lipinski definition) is 4. The van der Waals surface area contributed by atoms with E-state index in [1.807, 2.05) is 0 Å². The van der Waals surface area contributed by atoms with Crippen molar-refractivity contribution in [1.29, 1.82) is 0 Å². The molecule has 1 saturated carbocycles. The van der Waals surface area contributed by atoms with Crippen molar-refractivity contribution < 1.29 is 9.90 Å². The highest BCUT2D eigenvalue weighted by Crippen LogP contribution is 2.26. The van der Waals surface area contributed by atoms with Crippen molar-refractivity contribution in [2.75, 3.05) is 6.54 Å². The topological polar surface area (TPSA) is 80.0 Å². The summed E-state index contributed by atoms with van der Waals surface area (Å²) in [5.41, 5.74) is -0.742. The summed E-state index contributed by atoms with van der Waals surface area (Å²) in [5, 5.41) is 17.2.